The zero-order valence-corrected chi connectivity index (χ0v) is 11.4. The van der Waals surface area contributed by atoms with Crippen LogP contribution >= 0.6 is 0 Å². The van der Waals surface area contributed by atoms with Crippen LogP contribution in [0.15, 0.2) is 48.5 Å². The van der Waals surface area contributed by atoms with Gasteiger partial charge in [-0.1, -0.05) is 24.3 Å². The van der Waals surface area contributed by atoms with E-state index in [-0.39, 0.29) is 5.82 Å². The highest BCUT2D eigenvalue weighted by Gasteiger charge is 2.07. The highest BCUT2D eigenvalue weighted by atomic mass is 19.1. The first-order valence-corrected chi connectivity index (χ1v) is 6.41. The predicted octanol–water partition coefficient (Wildman–Crippen LogP) is 2.54. The van der Waals surface area contributed by atoms with E-state index in [1.807, 2.05) is 24.3 Å². The maximum atomic E-state index is 13.2. The summed E-state index contributed by atoms with van der Waals surface area (Å²) in [6.45, 7) is 0.492. The predicted molar refractivity (Wildman–Crippen MR) is 75.3 cm³/mol. The van der Waals surface area contributed by atoms with Crippen LogP contribution in [0.2, 0.25) is 0 Å². The Morgan fingerprint density at radius 3 is 2.67 bits per heavy atom. The number of nitrogens with zero attached hydrogens (tertiary/aromatic N) is 4. The molecule has 0 aliphatic carbocycles. The van der Waals surface area contributed by atoms with Crippen LogP contribution in [-0.4, -0.2) is 27.3 Å². The molecule has 3 rings (SSSR count). The molecule has 0 saturated carbocycles. The van der Waals surface area contributed by atoms with Gasteiger partial charge >= 0.3 is 0 Å². The Labute approximate surface area is 121 Å². The summed E-state index contributed by atoms with van der Waals surface area (Å²) in [4.78, 5) is 1.47. The molecule has 0 bridgehead atoms. The standard InChI is InChI=1S/C15H13FN4O/c1-21-14-7-5-11(6-8-14)10-20-18-15(17-19-20)12-3-2-4-13(16)9-12/h2-9H,10H2,1H3. The second kappa shape index (κ2) is 5.70. The molecule has 21 heavy (non-hydrogen) atoms. The lowest BCUT2D eigenvalue weighted by Crippen LogP contribution is -2.03. The van der Waals surface area contributed by atoms with Gasteiger partial charge in [0.2, 0.25) is 5.82 Å². The fourth-order valence-electron chi connectivity index (χ4n) is 1.95. The molecule has 0 fully saturated rings. The van der Waals surface area contributed by atoms with Gasteiger partial charge in [-0.2, -0.15) is 4.80 Å². The van der Waals surface area contributed by atoms with Crippen LogP contribution in [0.3, 0.4) is 0 Å². The minimum atomic E-state index is -0.320. The molecular formula is C15H13FN4O. The number of methoxy groups -OCH3 is 1. The van der Waals surface area contributed by atoms with E-state index in [9.17, 15) is 4.39 Å². The van der Waals surface area contributed by atoms with Gasteiger partial charge in [-0.05, 0) is 35.0 Å². The van der Waals surface area contributed by atoms with Gasteiger partial charge in [0.25, 0.3) is 0 Å². The monoisotopic (exact) mass is 284 g/mol. The molecule has 106 valence electrons. The number of hydrogen-bond donors (Lipinski definition) is 0. The average molecular weight is 284 g/mol. The van der Waals surface area contributed by atoms with Crippen molar-refractivity contribution in [2.24, 2.45) is 0 Å². The lowest BCUT2D eigenvalue weighted by Gasteiger charge is -2.02. The molecule has 0 spiro atoms. The minimum Gasteiger partial charge on any atom is -0.497 e. The Balaban J connectivity index is 1.78. The van der Waals surface area contributed by atoms with Crippen molar-refractivity contribution in [2.75, 3.05) is 7.11 Å². The molecule has 0 N–H and O–H groups in total. The Morgan fingerprint density at radius 2 is 1.95 bits per heavy atom. The molecule has 0 amide bonds. The van der Waals surface area contributed by atoms with Crippen molar-refractivity contribution in [1.82, 2.24) is 20.2 Å². The highest BCUT2D eigenvalue weighted by molar-refractivity contribution is 5.53. The van der Waals surface area contributed by atoms with Crippen molar-refractivity contribution in [3.05, 3.63) is 59.9 Å². The van der Waals surface area contributed by atoms with Crippen LogP contribution in [0.4, 0.5) is 4.39 Å². The first kappa shape index (κ1) is 13.2. The van der Waals surface area contributed by atoms with E-state index >= 15 is 0 Å². The second-order valence-corrected chi connectivity index (χ2v) is 4.50. The maximum absolute atomic E-state index is 13.2. The molecule has 6 heteroatoms. The molecule has 2 aromatic carbocycles. The third-order valence-corrected chi connectivity index (χ3v) is 3.02. The third-order valence-electron chi connectivity index (χ3n) is 3.02. The third kappa shape index (κ3) is 3.05. The zero-order chi connectivity index (χ0) is 14.7. The molecule has 0 atom stereocenters. The number of tetrazole rings is 1. The van der Waals surface area contributed by atoms with E-state index in [1.165, 1.54) is 16.9 Å². The van der Waals surface area contributed by atoms with Gasteiger partial charge in [0, 0.05) is 5.56 Å². The lowest BCUT2D eigenvalue weighted by molar-refractivity contribution is 0.414. The quantitative estimate of drug-likeness (QED) is 0.738. The van der Waals surface area contributed by atoms with Gasteiger partial charge < -0.3 is 4.74 Å². The second-order valence-electron chi connectivity index (χ2n) is 4.50. The number of aromatic nitrogens is 4. The fourth-order valence-corrected chi connectivity index (χ4v) is 1.95. The van der Waals surface area contributed by atoms with Crippen molar-refractivity contribution in [3.63, 3.8) is 0 Å². The zero-order valence-electron chi connectivity index (χ0n) is 11.4. The first-order valence-electron chi connectivity index (χ1n) is 6.41. The molecular weight excluding hydrogens is 271 g/mol. The van der Waals surface area contributed by atoms with Crippen LogP contribution in [0.1, 0.15) is 5.56 Å². The van der Waals surface area contributed by atoms with Gasteiger partial charge in [-0.25, -0.2) is 4.39 Å². The number of halogens is 1. The Hall–Kier alpha value is -2.76. The van der Waals surface area contributed by atoms with Crippen molar-refractivity contribution < 1.29 is 9.13 Å². The maximum Gasteiger partial charge on any atom is 0.205 e. The molecule has 5 nitrogen and oxygen atoms in total. The van der Waals surface area contributed by atoms with Gasteiger partial charge in [-0.3, -0.25) is 0 Å². The van der Waals surface area contributed by atoms with Crippen LogP contribution in [0.5, 0.6) is 5.75 Å². The van der Waals surface area contributed by atoms with Gasteiger partial charge in [0.05, 0.1) is 13.7 Å². The first-order chi connectivity index (χ1) is 10.2. The Morgan fingerprint density at radius 1 is 1.14 bits per heavy atom. The minimum absolute atomic E-state index is 0.320. The van der Waals surface area contributed by atoms with Crippen molar-refractivity contribution in [3.8, 4) is 17.1 Å². The van der Waals surface area contributed by atoms with E-state index in [4.69, 9.17) is 4.74 Å². The van der Waals surface area contributed by atoms with Crippen molar-refractivity contribution in [1.29, 1.82) is 0 Å². The normalized spacial score (nSPS) is 10.6. The summed E-state index contributed by atoms with van der Waals surface area (Å²) in [5, 5.41) is 12.2. The number of hydrogen-bond acceptors (Lipinski definition) is 4. The molecule has 0 aliphatic heterocycles. The highest BCUT2D eigenvalue weighted by Crippen LogP contribution is 2.15. The molecule has 3 aromatic rings. The number of rotatable bonds is 4. The summed E-state index contributed by atoms with van der Waals surface area (Å²) in [5.74, 6) is 0.882. The van der Waals surface area contributed by atoms with E-state index < -0.39 is 0 Å². The number of ether oxygens (including phenoxy) is 1. The summed E-state index contributed by atoms with van der Waals surface area (Å²) in [6, 6.07) is 13.8. The summed E-state index contributed by atoms with van der Waals surface area (Å²) in [5.41, 5.74) is 1.63. The van der Waals surface area contributed by atoms with Crippen LogP contribution in [-0.2, 0) is 6.54 Å². The average Bonchev–Trinajstić information content (AvgIpc) is 2.97. The molecule has 0 saturated heterocycles. The molecule has 1 heterocycles. The van der Waals surface area contributed by atoms with Crippen molar-refractivity contribution >= 4 is 0 Å². The number of benzene rings is 2. The summed E-state index contributed by atoms with van der Waals surface area (Å²) in [7, 11) is 1.62. The van der Waals surface area contributed by atoms with Gasteiger partial charge in [0.15, 0.2) is 0 Å². The summed E-state index contributed by atoms with van der Waals surface area (Å²) >= 11 is 0. The van der Waals surface area contributed by atoms with E-state index in [2.05, 4.69) is 15.4 Å². The van der Waals surface area contributed by atoms with Gasteiger partial charge in [0.1, 0.15) is 11.6 Å². The van der Waals surface area contributed by atoms with E-state index in [0.29, 0.717) is 17.9 Å². The summed E-state index contributed by atoms with van der Waals surface area (Å²) in [6.07, 6.45) is 0. The molecule has 0 unspecified atom stereocenters. The smallest absolute Gasteiger partial charge is 0.205 e. The largest absolute Gasteiger partial charge is 0.497 e. The molecule has 1 aromatic heterocycles. The lowest BCUT2D eigenvalue weighted by atomic mass is 10.2. The molecule has 0 aliphatic rings. The summed E-state index contributed by atoms with van der Waals surface area (Å²) < 4.78 is 18.3. The van der Waals surface area contributed by atoms with Crippen LogP contribution < -0.4 is 4.74 Å². The van der Waals surface area contributed by atoms with Crippen molar-refractivity contribution in [2.45, 2.75) is 6.54 Å². The van der Waals surface area contributed by atoms with Gasteiger partial charge in [-0.15, -0.1) is 10.2 Å². The Bertz CT molecular complexity index is 739. The van der Waals surface area contributed by atoms with E-state index in [1.54, 1.807) is 19.2 Å². The van der Waals surface area contributed by atoms with E-state index in [0.717, 1.165) is 11.3 Å². The topological polar surface area (TPSA) is 52.8 Å². The SMILES string of the molecule is COc1ccc(Cn2nnc(-c3cccc(F)c3)n2)cc1. The Kier molecular flexibility index (Phi) is 3.59. The molecule has 0 radical (unpaired) electrons. The van der Waals surface area contributed by atoms with Crippen LogP contribution in [0, 0.1) is 5.82 Å². The fraction of sp³-hybridized carbons (Fsp3) is 0.133. The van der Waals surface area contributed by atoms with Crippen LogP contribution in [0.25, 0.3) is 11.4 Å².